The summed E-state index contributed by atoms with van der Waals surface area (Å²) in [6, 6.07) is 3.56. The van der Waals surface area contributed by atoms with Crippen LogP contribution in [0.25, 0.3) is 11.1 Å². The highest BCUT2D eigenvalue weighted by atomic mass is 79.9. The van der Waals surface area contributed by atoms with E-state index in [4.69, 9.17) is 30.1 Å². The highest BCUT2D eigenvalue weighted by Gasteiger charge is 2.25. The topological polar surface area (TPSA) is 132 Å². The Morgan fingerprint density at radius 3 is 2.45 bits per heavy atom. The summed E-state index contributed by atoms with van der Waals surface area (Å²) in [6.45, 7) is 2.10. The molecule has 0 aliphatic rings. The zero-order chi connectivity index (χ0) is 21.6. The van der Waals surface area contributed by atoms with Gasteiger partial charge >= 0.3 is 5.97 Å². The molecule has 0 radical (unpaired) electrons. The van der Waals surface area contributed by atoms with Crippen LogP contribution in [0.5, 0.6) is 23.1 Å². The molecule has 9 nitrogen and oxygen atoms in total. The van der Waals surface area contributed by atoms with Gasteiger partial charge in [0.05, 0.1) is 32.3 Å². The number of carbonyl (C=O) groups is 1. The fraction of sp³-hybridized carbons (Fsp3) is 0.368. The first-order chi connectivity index (χ1) is 13.9. The number of hydrogen-bond donors (Lipinski definition) is 4. The standard InChI is InChI=1S/C19H25BrN4O5/c1-5-6-13(25)29-18-15(20)14(11(24-18)9-23-19(21)22)10-7-8-12(26-2)17(28-4)16(10)27-3/h7-8,24H,5-6,9H2,1-4H3,(H4,21,22,23). The number of ether oxygens (including phenoxy) is 4. The lowest BCUT2D eigenvalue weighted by Gasteiger charge is -2.16. The molecule has 0 fully saturated rings. The summed E-state index contributed by atoms with van der Waals surface area (Å²) in [5, 5.41) is 10.2. The van der Waals surface area contributed by atoms with Gasteiger partial charge in [-0.05, 0) is 34.5 Å². The second-order valence-corrected chi connectivity index (χ2v) is 6.79. The van der Waals surface area contributed by atoms with Crippen molar-refractivity contribution in [1.29, 1.82) is 5.41 Å². The number of aromatic nitrogens is 1. The first-order valence-corrected chi connectivity index (χ1v) is 9.65. The van der Waals surface area contributed by atoms with Gasteiger partial charge in [0.2, 0.25) is 11.6 Å². The molecule has 0 saturated heterocycles. The number of aromatic amines is 1. The van der Waals surface area contributed by atoms with Crippen LogP contribution in [0.1, 0.15) is 25.5 Å². The van der Waals surface area contributed by atoms with E-state index in [2.05, 4.69) is 26.2 Å². The van der Waals surface area contributed by atoms with Crippen LogP contribution in [0.4, 0.5) is 0 Å². The van der Waals surface area contributed by atoms with Crippen LogP contribution < -0.4 is 30.0 Å². The SMILES string of the molecule is CCCC(=O)Oc1[nH]c(CNC(=N)N)c(-c2ccc(OC)c(OC)c2OC)c1Br. The number of H-pyrrole nitrogens is 1. The lowest BCUT2D eigenvalue weighted by Crippen LogP contribution is -2.29. The molecule has 2 rings (SSSR count). The van der Waals surface area contributed by atoms with E-state index < -0.39 is 0 Å². The first-order valence-electron chi connectivity index (χ1n) is 8.86. The third-order valence-electron chi connectivity index (χ3n) is 4.08. The summed E-state index contributed by atoms with van der Waals surface area (Å²) in [5.74, 6) is 1.10. The zero-order valence-corrected chi connectivity index (χ0v) is 18.4. The lowest BCUT2D eigenvalue weighted by atomic mass is 10.0. The Bertz CT molecular complexity index is 897. The van der Waals surface area contributed by atoms with E-state index in [1.165, 1.54) is 21.3 Å². The third kappa shape index (κ3) is 4.94. The number of benzene rings is 1. The number of rotatable bonds is 9. The Morgan fingerprint density at radius 1 is 1.21 bits per heavy atom. The van der Waals surface area contributed by atoms with Crippen LogP contribution in [0.15, 0.2) is 16.6 Å². The van der Waals surface area contributed by atoms with E-state index in [0.717, 1.165) is 0 Å². The lowest BCUT2D eigenvalue weighted by molar-refractivity contribution is -0.134. The van der Waals surface area contributed by atoms with Crippen molar-refractivity contribution in [2.24, 2.45) is 5.73 Å². The quantitative estimate of drug-likeness (QED) is 0.252. The minimum absolute atomic E-state index is 0.189. The summed E-state index contributed by atoms with van der Waals surface area (Å²) < 4.78 is 22.4. The Labute approximate surface area is 177 Å². The van der Waals surface area contributed by atoms with Gasteiger partial charge in [-0.25, -0.2) is 0 Å². The van der Waals surface area contributed by atoms with Gasteiger partial charge in [0.15, 0.2) is 17.5 Å². The van der Waals surface area contributed by atoms with E-state index in [0.29, 0.717) is 51.4 Å². The number of nitrogens with one attached hydrogen (secondary N) is 3. The number of halogens is 1. The molecule has 2 aromatic rings. The van der Waals surface area contributed by atoms with Gasteiger partial charge in [0.25, 0.3) is 0 Å². The fourth-order valence-corrected chi connectivity index (χ4v) is 3.47. The maximum atomic E-state index is 12.0. The number of guanidine groups is 1. The Hall–Kier alpha value is -2.88. The van der Waals surface area contributed by atoms with Crippen molar-refractivity contribution in [3.63, 3.8) is 0 Å². The monoisotopic (exact) mass is 468 g/mol. The van der Waals surface area contributed by atoms with Crippen molar-refractivity contribution in [3.8, 4) is 34.3 Å². The summed E-state index contributed by atoms with van der Waals surface area (Å²) in [6.07, 6.45) is 0.966. The van der Waals surface area contributed by atoms with Gasteiger partial charge in [-0.15, -0.1) is 0 Å². The van der Waals surface area contributed by atoms with E-state index in [9.17, 15) is 4.79 Å². The third-order valence-corrected chi connectivity index (χ3v) is 4.84. The molecular weight excluding hydrogens is 444 g/mol. The second kappa shape index (κ2) is 10.1. The van der Waals surface area contributed by atoms with Crippen LogP contribution in [-0.4, -0.2) is 38.2 Å². The number of esters is 1. The van der Waals surface area contributed by atoms with E-state index >= 15 is 0 Å². The molecule has 0 amide bonds. The van der Waals surface area contributed by atoms with Gasteiger partial charge in [-0.2, -0.15) is 0 Å². The highest BCUT2D eigenvalue weighted by Crippen LogP contribution is 2.49. The average molecular weight is 469 g/mol. The number of methoxy groups -OCH3 is 3. The minimum atomic E-state index is -0.355. The Kier molecular flexibility index (Phi) is 7.77. The van der Waals surface area contributed by atoms with Gasteiger partial charge in [-0.1, -0.05) is 6.92 Å². The largest absolute Gasteiger partial charge is 0.493 e. The zero-order valence-electron chi connectivity index (χ0n) is 16.8. The van der Waals surface area contributed by atoms with Crippen molar-refractivity contribution in [2.75, 3.05) is 21.3 Å². The molecule has 0 atom stereocenters. The molecule has 0 saturated carbocycles. The number of nitrogens with two attached hydrogens (primary N) is 1. The maximum Gasteiger partial charge on any atom is 0.312 e. The second-order valence-electron chi connectivity index (χ2n) is 5.99. The summed E-state index contributed by atoms with van der Waals surface area (Å²) in [4.78, 5) is 15.1. The molecular formula is C19H25BrN4O5. The predicted octanol–water partition coefficient (Wildman–Crippen LogP) is 3.16. The van der Waals surface area contributed by atoms with Gasteiger partial charge < -0.3 is 35.0 Å². The van der Waals surface area contributed by atoms with Crippen molar-refractivity contribution in [2.45, 2.75) is 26.3 Å². The predicted molar refractivity (Wildman–Crippen MR) is 113 cm³/mol. The molecule has 0 aliphatic carbocycles. The van der Waals surface area contributed by atoms with Crippen LogP contribution in [0.2, 0.25) is 0 Å². The van der Waals surface area contributed by atoms with Crippen molar-refractivity contribution < 1.29 is 23.7 Å². The highest BCUT2D eigenvalue weighted by molar-refractivity contribution is 9.10. The molecule has 29 heavy (non-hydrogen) atoms. The summed E-state index contributed by atoms with van der Waals surface area (Å²) >= 11 is 3.52. The van der Waals surface area contributed by atoms with Crippen LogP contribution in [0, 0.1) is 5.41 Å². The van der Waals surface area contributed by atoms with Gasteiger partial charge in [0.1, 0.15) is 0 Å². The molecule has 10 heteroatoms. The van der Waals surface area contributed by atoms with Crippen LogP contribution >= 0.6 is 15.9 Å². The fourth-order valence-electron chi connectivity index (χ4n) is 2.83. The Balaban J connectivity index is 2.64. The molecule has 1 aromatic carbocycles. The van der Waals surface area contributed by atoms with Gasteiger partial charge in [-0.3, -0.25) is 10.2 Å². The molecule has 5 N–H and O–H groups in total. The van der Waals surface area contributed by atoms with E-state index in [1.807, 2.05) is 13.0 Å². The smallest absolute Gasteiger partial charge is 0.312 e. The van der Waals surface area contributed by atoms with E-state index in [1.54, 1.807) is 6.07 Å². The van der Waals surface area contributed by atoms with E-state index in [-0.39, 0.29) is 24.4 Å². The molecule has 158 valence electrons. The first kappa shape index (κ1) is 22.4. The molecule has 0 aliphatic heterocycles. The molecule has 0 bridgehead atoms. The van der Waals surface area contributed by atoms with Crippen LogP contribution in [0.3, 0.4) is 0 Å². The average Bonchev–Trinajstić information content (AvgIpc) is 3.00. The normalized spacial score (nSPS) is 10.4. The van der Waals surface area contributed by atoms with Crippen LogP contribution in [-0.2, 0) is 11.3 Å². The minimum Gasteiger partial charge on any atom is -0.493 e. The summed E-state index contributed by atoms with van der Waals surface area (Å²) in [5.41, 5.74) is 7.42. The van der Waals surface area contributed by atoms with Crippen molar-refractivity contribution in [3.05, 3.63) is 22.3 Å². The Morgan fingerprint density at radius 2 is 1.90 bits per heavy atom. The summed E-state index contributed by atoms with van der Waals surface area (Å²) in [7, 11) is 4.58. The number of carbonyl (C=O) groups excluding carboxylic acids is 1. The molecule has 0 spiro atoms. The molecule has 1 heterocycles. The van der Waals surface area contributed by atoms with Crippen molar-refractivity contribution >= 4 is 27.9 Å². The molecule has 1 aromatic heterocycles. The van der Waals surface area contributed by atoms with Crippen molar-refractivity contribution in [1.82, 2.24) is 10.3 Å². The van der Waals surface area contributed by atoms with Gasteiger partial charge in [0, 0.05) is 23.2 Å². The molecule has 0 unspecified atom stereocenters. The number of hydrogen-bond acceptors (Lipinski definition) is 6. The maximum absolute atomic E-state index is 12.0.